The highest BCUT2D eigenvalue weighted by Gasteiger charge is 2.13. The van der Waals surface area contributed by atoms with Crippen molar-refractivity contribution < 1.29 is 5.11 Å². The average Bonchev–Trinajstić information content (AvgIpc) is 2.38. The van der Waals surface area contributed by atoms with Crippen LogP contribution in [0.4, 0.5) is 0 Å². The van der Waals surface area contributed by atoms with Gasteiger partial charge >= 0.3 is 0 Å². The molecule has 0 aliphatic carbocycles. The SMILES string of the molecule is CCn1c(O)c(C=NCCN(C)C)c(=O)n(CC)c1=S. The number of hydrogen-bond donors (Lipinski definition) is 1. The van der Waals surface area contributed by atoms with Gasteiger partial charge in [-0.25, -0.2) is 0 Å². The van der Waals surface area contributed by atoms with E-state index in [9.17, 15) is 9.90 Å². The third kappa shape index (κ3) is 3.55. The first-order valence-electron chi connectivity index (χ1n) is 6.65. The molecule has 0 bridgehead atoms. The van der Waals surface area contributed by atoms with Crippen molar-refractivity contribution in [2.75, 3.05) is 27.2 Å². The molecule has 0 unspecified atom stereocenters. The van der Waals surface area contributed by atoms with Gasteiger partial charge in [0.1, 0.15) is 5.56 Å². The zero-order valence-corrected chi connectivity index (χ0v) is 13.3. The molecule has 6 nitrogen and oxygen atoms in total. The molecular formula is C13H22N4O2S. The lowest BCUT2D eigenvalue weighted by molar-refractivity contribution is 0.399. The van der Waals surface area contributed by atoms with Crippen LogP contribution in [-0.2, 0) is 13.1 Å². The second kappa shape index (κ2) is 7.35. The third-order valence-electron chi connectivity index (χ3n) is 2.96. The monoisotopic (exact) mass is 298 g/mol. The van der Waals surface area contributed by atoms with Gasteiger partial charge in [-0.15, -0.1) is 0 Å². The fourth-order valence-electron chi connectivity index (χ4n) is 1.80. The second-order valence-corrected chi connectivity index (χ2v) is 5.02. The molecule has 0 atom stereocenters. The number of hydrogen-bond acceptors (Lipinski definition) is 5. The Morgan fingerprint density at radius 3 is 2.40 bits per heavy atom. The lowest BCUT2D eigenvalue weighted by Gasteiger charge is -2.13. The van der Waals surface area contributed by atoms with Crippen LogP contribution in [0.1, 0.15) is 19.4 Å². The molecule has 0 aromatic carbocycles. The van der Waals surface area contributed by atoms with E-state index in [1.807, 2.05) is 32.8 Å². The summed E-state index contributed by atoms with van der Waals surface area (Å²) in [5, 5.41) is 10.2. The first kappa shape index (κ1) is 16.6. The smallest absolute Gasteiger partial charge is 0.267 e. The fraction of sp³-hybridized carbons (Fsp3) is 0.615. The zero-order chi connectivity index (χ0) is 15.3. The summed E-state index contributed by atoms with van der Waals surface area (Å²) in [5.41, 5.74) is -0.102. The van der Waals surface area contributed by atoms with Crippen molar-refractivity contribution in [1.29, 1.82) is 0 Å². The van der Waals surface area contributed by atoms with Crippen LogP contribution in [0.2, 0.25) is 0 Å². The van der Waals surface area contributed by atoms with E-state index in [1.165, 1.54) is 15.3 Å². The number of nitrogens with zero attached hydrogens (tertiary/aromatic N) is 4. The van der Waals surface area contributed by atoms with E-state index in [1.54, 1.807) is 0 Å². The van der Waals surface area contributed by atoms with E-state index in [0.29, 0.717) is 24.4 Å². The van der Waals surface area contributed by atoms with E-state index >= 15 is 0 Å². The predicted octanol–water partition coefficient (Wildman–Crippen LogP) is 1.11. The van der Waals surface area contributed by atoms with Gasteiger partial charge < -0.3 is 10.0 Å². The molecule has 1 aromatic heterocycles. The van der Waals surface area contributed by atoms with Crippen molar-refractivity contribution in [3.05, 3.63) is 20.7 Å². The number of aromatic nitrogens is 2. The topological polar surface area (TPSA) is 62.8 Å². The van der Waals surface area contributed by atoms with E-state index in [2.05, 4.69) is 4.99 Å². The molecule has 0 saturated heterocycles. The molecule has 1 N–H and O–H groups in total. The number of likely N-dealkylation sites (N-methyl/N-ethyl adjacent to an activating group) is 1. The summed E-state index contributed by atoms with van der Waals surface area (Å²) in [5.74, 6) is -0.110. The summed E-state index contributed by atoms with van der Waals surface area (Å²) >= 11 is 5.21. The summed E-state index contributed by atoms with van der Waals surface area (Å²) in [6.07, 6.45) is 1.44. The van der Waals surface area contributed by atoms with E-state index in [0.717, 1.165) is 6.54 Å². The minimum Gasteiger partial charge on any atom is -0.494 e. The third-order valence-corrected chi connectivity index (χ3v) is 3.40. The molecule has 20 heavy (non-hydrogen) atoms. The average molecular weight is 298 g/mol. The van der Waals surface area contributed by atoms with Gasteiger partial charge in [-0.05, 0) is 40.2 Å². The quantitative estimate of drug-likeness (QED) is 0.631. The van der Waals surface area contributed by atoms with Gasteiger partial charge in [-0.1, -0.05) is 0 Å². The molecule has 0 amide bonds. The Balaban J connectivity index is 3.26. The molecule has 1 aromatic rings. The van der Waals surface area contributed by atoms with Crippen LogP contribution in [0.3, 0.4) is 0 Å². The van der Waals surface area contributed by atoms with Crippen LogP contribution in [-0.4, -0.2) is 52.5 Å². The van der Waals surface area contributed by atoms with Crippen molar-refractivity contribution in [3.8, 4) is 5.88 Å². The summed E-state index contributed by atoms with van der Waals surface area (Å²) in [4.78, 5) is 18.5. The molecule has 0 spiro atoms. The first-order valence-corrected chi connectivity index (χ1v) is 7.05. The van der Waals surface area contributed by atoms with Crippen molar-refractivity contribution in [2.45, 2.75) is 26.9 Å². The molecule has 0 fully saturated rings. The lowest BCUT2D eigenvalue weighted by Crippen LogP contribution is -2.28. The van der Waals surface area contributed by atoms with Gasteiger partial charge in [0.05, 0.1) is 6.54 Å². The van der Waals surface area contributed by atoms with Gasteiger partial charge in [-0.3, -0.25) is 18.9 Å². The highest BCUT2D eigenvalue weighted by Crippen LogP contribution is 2.12. The minimum absolute atomic E-state index is 0.110. The van der Waals surface area contributed by atoms with Gasteiger partial charge in [-0.2, -0.15) is 0 Å². The zero-order valence-electron chi connectivity index (χ0n) is 12.5. The van der Waals surface area contributed by atoms with Crippen LogP contribution < -0.4 is 5.56 Å². The van der Waals surface area contributed by atoms with E-state index in [-0.39, 0.29) is 17.0 Å². The van der Waals surface area contributed by atoms with Crippen LogP contribution in [0.25, 0.3) is 0 Å². The normalized spacial score (nSPS) is 11.7. The Hall–Kier alpha value is -1.47. The van der Waals surface area contributed by atoms with Crippen LogP contribution in [0.15, 0.2) is 9.79 Å². The molecule has 1 rings (SSSR count). The van der Waals surface area contributed by atoms with Gasteiger partial charge in [0.25, 0.3) is 5.56 Å². The molecule has 0 saturated carbocycles. The maximum Gasteiger partial charge on any atom is 0.267 e. The summed E-state index contributed by atoms with van der Waals surface area (Å²) in [6, 6.07) is 0. The highest BCUT2D eigenvalue weighted by atomic mass is 32.1. The highest BCUT2D eigenvalue weighted by molar-refractivity contribution is 7.71. The lowest BCUT2D eigenvalue weighted by atomic mass is 10.3. The maximum atomic E-state index is 12.3. The summed E-state index contributed by atoms with van der Waals surface area (Å²) in [7, 11) is 3.90. The second-order valence-electron chi connectivity index (χ2n) is 4.65. The Labute approximate surface area is 124 Å². The van der Waals surface area contributed by atoms with Crippen molar-refractivity contribution in [3.63, 3.8) is 0 Å². The standard InChI is InChI=1S/C13H22N4O2S/c1-5-16-11(18)10(9-14-7-8-15(3)4)12(19)17(6-2)13(16)20/h9,18H,5-8H2,1-4H3. The minimum atomic E-state index is -0.298. The number of aromatic hydroxyl groups is 1. The maximum absolute atomic E-state index is 12.3. The summed E-state index contributed by atoms with van der Waals surface area (Å²) < 4.78 is 3.34. The Morgan fingerprint density at radius 2 is 1.90 bits per heavy atom. The molecule has 7 heteroatoms. The van der Waals surface area contributed by atoms with Crippen LogP contribution in [0.5, 0.6) is 5.88 Å². The molecule has 112 valence electrons. The van der Waals surface area contributed by atoms with Gasteiger partial charge in [0, 0.05) is 25.8 Å². The Morgan fingerprint density at radius 1 is 1.30 bits per heavy atom. The van der Waals surface area contributed by atoms with E-state index in [4.69, 9.17) is 12.2 Å². The van der Waals surface area contributed by atoms with Crippen molar-refractivity contribution in [1.82, 2.24) is 14.0 Å². The molecule has 0 aliphatic rings. The fourth-order valence-corrected chi connectivity index (χ4v) is 2.23. The Bertz CT molecular complexity index is 602. The predicted molar refractivity (Wildman–Crippen MR) is 83.6 cm³/mol. The molecule has 0 radical (unpaired) electrons. The summed E-state index contributed by atoms with van der Waals surface area (Å²) in [6.45, 7) is 6.04. The van der Waals surface area contributed by atoms with Gasteiger partial charge in [0.15, 0.2) is 4.77 Å². The molecule has 1 heterocycles. The van der Waals surface area contributed by atoms with Crippen LogP contribution in [0, 0.1) is 4.77 Å². The van der Waals surface area contributed by atoms with Crippen LogP contribution >= 0.6 is 12.2 Å². The molecular weight excluding hydrogens is 276 g/mol. The first-order chi connectivity index (χ1) is 9.43. The van der Waals surface area contributed by atoms with Crippen molar-refractivity contribution >= 4 is 18.4 Å². The number of rotatable bonds is 6. The molecule has 0 aliphatic heterocycles. The number of aliphatic imine (C=N–C) groups is 1. The largest absolute Gasteiger partial charge is 0.494 e. The van der Waals surface area contributed by atoms with Crippen molar-refractivity contribution in [2.24, 2.45) is 4.99 Å². The van der Waals surface area contributed by atoms with E-state index < -0.39 is 0 Å². The van der Waals surface area contributed by atoms with Gasteiger partial charge in [0.2, 0.25) is 5.88 Å². The Kier molecular flexibility index (Phi) is 6.09.